The quantitative estimate of drug-likeness (QED) is 0.800. The maximum atomic E-state index is 11.3. The molecular formula is C13H19ClN2O2S. The molecule has 1 heterocycles. The minimum absolute atomic E-state index is 0.0227. The molecule has 0 spiro atoms. The number of likely N-dealkylation sites (tertiary alicyclic amines) is 1. The molecule has 0 amide bonds. The van der Waals surface area contributed by atoms with Crippen molar-refractivity contribution in [1.82, 2.24) is 9.21 Å². The van der Waals surface area contributed by atoms with Gasteiger partial charge >= 0.3 is 0 Å². The fraction of sp³-hybridized carbons (Fsp3) is 0.538. The van der Waals surface area contributed by atoms with E-state index in [4.69, 9.17) is 10.7 Å². The molecule has 1 aliphatic rings. The van der Waals surface area contributed by atoms with Gasteiger partial charge in [0.2, 0.25) is 0 Å². The largest absolute Gasteiger partial charge is 0.299 e. The number of hydrogen-bond acceptors (Lipinski definition) is 3. The Hall–Kier alpha value is -0.620. The second kappa shape index (κ2) is 6.22. The third-order valence-corrected chi connectivity index (χ3v) is 5.30. The molecule has 1 aromatic rings. The van der Waals surface area contributed by atoms with Gasteiger partial charge in [-0.05, 0) is 18.4 Å². The number of benzene rings is 1. The Bertz CT molecular complexity index is 499. The van der Waals surface area contributed by atoms with Gasteiger partial charge in [-0.25, -0.2) is 0 Å². The molecule has 1 saturated heterocycles. The van der Waals surface area contributed by atoms with Crippen LogP contribution < -0.4 is 0 Å². The Morgan fingerprint density at radius 3 is 2.37 bits per heavy atom. The fourth-order valence-electron chi connectivity index (χ4n) is 2.46. The summed E-state index contributed by atoms with van der Waals surface area (Å²) in [7, 11) is 3.33. The van der Waals surface area contributed by atoms with Gasteiger partial charge in [-0.3, -0.25) is 4.90 Å². The van der Waals surface area contributed by atoms with Gasteiger partial charge in [0.15, 0.2) is 0 Å². The minimum atomic E-state index is -3.59. The molecule has 1 aromatic carbocycles. The smallest absolute Gasteiger partial charge is 0.299 e. The second-order valence-corrected chi connectivity index (χ2v) is 7.52. The Morgan fingerprint density at radius 2 is 1.84 bits per heavy atom. The van der Waals surface area contributed by atoms with E-state index >= 15 is 0 Å². The van der Waals surface area contributed by atoms with Crippen LogP contribution >= 0.6 is 10.7 Å². The van der Waals surface area contributed by atoms with E-state index < -0.39 is 9.24 Å². The van der Waals surface area contributed by atoms with Crippen LogP contribution in [0.25, 0.3) is 0 Å². The highest BCUT2D eigenvalue weighted by atomic mass is 35.7. The maximum absolute atomic E-state index is 11.3. The molecular weight excluding hydrogens is 284 g/mol. The second-order valence-electron chi connectivity index (χ2n) is 4.95. The first-order valence-corrected chi connectivity index (χ1v) is 8.67. The highest BCUT2D eigenvalue weighted by molar-refractivity contribution is 8.11. The SMILES string of the molecule is CN(C1CCN(Cc2ccccc2)CC1)S(=O)(=O)Cl. The predicted molar refractivity (Wildman–Crippen MR) is 77.3 cm³/mol. The van der Waals surface area contributed by atoms with Crippen LogP contribution in [0.5, 0.6) is 0 Å². The van der Waals surface area contributed by atoms with Gasteiger partial charge in [-0.1, -0.05) is 30.3 Å². The van der Waals surface area contributed by atoms with Crippen LogP contribution in [0.3, 0.4) is 0 Å². The molecule has 19 heavy (non-hydrogen) atoms. The van der Waals surface area contributed by atoms with Crippen LogP contribution in [-0.4, -0.2) is 43.8 Å². The van der Waals surface area contributed by atoms with Gasteiger partial charge in [0, 0.05) is 43.4 Å². The zero-order valence-corrected chi connectivity index (χ0v) is 12.6. The number of rotatable bonds is 4. The zero-order chi connectivity index (χ0) is 13.9. The lowest BCUT2D eigenvalue weighted by atomic mass is 10.0. The number of nitrogens with zero attached hydrogens (tertiary/aromatic N) is 2. The molecule has 6 heteroatoms. The van der Waals surface area contributed by atoms with E-state index in [0.717, 1.165) is 32.5 Å². The van der Waals surface area contributed by atoms with Crippen molar-refractivity contribution in [2.75, 3.05) is 20.1 Å². The molecule has 0 unspecified atom stereocenters. The fourth-order valence-corrected chi connectivity index (χ4v) is 3.37. The summed E-state index contributed by atoms with van der Waals surface area (Å²) in [6, 6.07) is 10.3. The van der Waals surface area contributed by atoms with E-state index in [9.17, 15) is 8.42 Å². The highest BCUT2D eigenvalue weighted by Gasteiger charge is 2.28. The first kappa shape index (κ1) is 14.8. The monoisotopic (exact) mass is 302 g/mol. The van der Waals surface area contributed by atoms with E-state index in [0.29, 0.717) is 0 Å². The first-order valence-electron chi connectivity index (χ1n) is 6.41. The van der Waals surface area contributed by atoms with Crippen molar-refractivity contribution in [1.29, 1.82) is 0 Å². The van der Waals surface area contributed by atoms with Gasteiger partial charge in [0.25, 0.3) is 9.24 Å². The van der Waals surface area contributed by atoms with E-state index in [1.54, 1.807) is 7.05 Å². The van der Waals surface area contributed by atoms with Crippen molar-refractivity contribution < 1.29 is 8.42 Å². The van der Waals surface area contributed by atoms with Crippen LogP contribution in [0.1, 0.15) is 18.4 Å². The summed E-state index contributed by atoms with van der Waals surface area (Å²) in [6.07, 6.45) is 1.66. The molecule has 0 saturated carbocycles. The van der Waals surface area contributed by atoms with Gasteiger partial charge in [0.1, 0.15) is 0 Å². The number of piperidine rings is 1. The van der Waals surface area contributed by atoms with Crippen LogP contribution in [0.4, 0.5) is 0 Å². The molecule has 0 N–H and O–H groups in total. The third-order valence-electron chi connectivity index (χ3n) is 3.66. The normalized spacial score (nSPS) is 18.9. The zero-order valence-electron chi connectivity index (χ0n) is 11.0. The molecule has 4 nitrogen and oxygen atoms in total. The summed E-state index contributed by atoms with van der Waals surface area (Å²) >= 11 is 0. The van der Waals surface area contributed by atoms with Crippen molar-refractivity contribution in [3.8, 4) is 0 Å². The van der Waals surface area contributed by atoms with Crippen molar-refractivity contribution in [2.45, 2.75) is 25.4 Å². The number of hydrogen-bond donors (Lipinski definition) is 0. The highest BCUT2D eigenvalue weighted by Crippen LogP contribution is 2.20. The van der Waals surface area contributed by atoms with E-state index in [2.05, 4.69) is 17.0 Å². The van der Waals surface area contributed by atoms with Crippen molar-refractivity contribution in [3.05, 3.63) is 35.9 Å². The minimum Gasteiger partial charge on any atom is -0.299 e. The van der Waals surface area contributed by atoms with Crippen LogP contribution in [0, 0.1) is 0 Å². The summed E-state index contributed by atoms with van der Waals surface area (Å²) in [5, 5.41) is 0. The molecule has 0 aromatic heterocycles. The molecule has 2 rings (SSSR count). The molecule has 1 fully saturated rings. The Labute approximate surface area is 119 Å². The molecule has 0 bridgehead atoms. The standard InChI is InChI=1S/C13H19ClN2O2S/c1-15(19(14,17)18)13-7-9-16(10-8-13)11-12-5-3-2-4-6-12/h2-6,13H,7-11H2,1H3. The third kappa shape index (κ3) is 4.18. The van der Waals surface area contributed by atoms with Gasteiger partial charge in [0.05, 0.1) is 0 Å². The van der Waals surface area contributed by atoms with Crippen LogP contribution in [0.2, 0.25) is 0 Å². The van der Waals surface area contributed by atoms with Gasteiger partial charge in [-0.2, -0.15) is 12.7 Å². The summed E-state index contributed by atoms with van der Waals surface area (Å²) in [4.78, 5) is 2.35. The molecule has 0 radical (unpaired) electrons. The molecule has 106 valence electrons. The molecule has 0 atom stereocenters. The average Bonchev–Trinajstić information content (AvgIpc) is 2.39. The Kier molecular flexibility index (Phi) is 4.84. The lowest BCUT2D eigenvalue weighted by molar-refractivity contribution is 0.165. The van der Waals surface area contributed by atoms with E-state index in [1.165, 1.54) is 9.87 Å². The van der Waals surface area contributed by atoms with Crippen LogP contribution in [0.15, 0.2) is 30.3 Å². The van der Waals surface area contributed by atoms with Crippen molar-refractivity contribution in [2.24, 2.45) is 0 Å². The Balaban J connectivity index is 1.86. The molecule has 1 aliphatic heterocycles. The first-order chi connectivity index (χ1) is 8.97. The average molecular weight is 303 g/mol. The summed E-state index contributed by atoms with van der Waals surface area (Å²) < 4.78 is 23.8. The topological polar surface area (TPSA) is 40.6 Å². The lowest BCUT2D eigenvalue weighted by Gasteiger charge is -2.35. The predicted octanol–water partition coefficient (Wildman–Crippen LogP) is 2.07. The van der Waals surface area contributed by atoms with Crippen molar-refractivity contribution in [3.63, 3.8) is 0 Å². The van der Waals surface area contributed by atoms with Crippen LogP contribution in [-0.2, 0) is 15.8 Å². The summed E-state index contributed by atoms with van der Waals surface area (Å²) in [6.45, 7) is 2.72. The molecule has 0 aliphatic carbocycles. The lowest BCUT2D eigenvalue weighted by Crippen LogP contribution is -2.44. The van der Waals surface area contributed by atoms with E-state index in [-0.39, 0.29) is 6.04 Å². The summed E-state index contributed by atoms with van der Waals surface area (Å²) in [5.74, 6) is 0. The van der Waals surface area contributed by atoms with Gasteiger partial charge < -0.3 is 0 Å². The summed E-state index contributed by atoms with van der Waals surface area (Å²) in [5.41, 5.74) is 1.29. The van der Waals surface area contributed by atoms with Gasteiger partial charge in [-0.15, -0.1) is 0 Å². The Morgan fingerprint density at radius 1 is 1.26 bits per heavy atom. The van der Waals surface area contributed by atoms with E-state index in [1.807, 2.05) is 18.2 Å². The van der Waals surface area contributed by atoms with Crippen molar-refractivity contribution >= 4 is 19.9 Å². The number of halogens is 1. The maximum Gasteiger partial charge on any atom is 0.299 e.